The van der Waals surface area contributed by atoms with Gasteiger partial charge in [0.15, 0.2) is 6.29 Å². The molecule has 9 heteroatoms. The third-order valence-electron chi connectivity index (χ3n) is 17.3. The fraction of sp³-hybridized carbons (Fsp3) is 0.930. The van der Waals surface area contributed by atoms with Crippen molar-refractivity contribution >= 4 is 5.91 Å². The van der Waals surface area contributed by atoms with Crippen molar-refractivity contribution in [3.05, 3.63) is 24.3 Å². The Morgan fingerprint density at radius 2 is 0.713 bits per heavy atom. The highest BCUT2D eigenvalue weighted by Gasteiger charge is 2.44. The lowest BCUT2D eigenvalue weighted by Crippen LogP contribution is -2.60. The van der Waals surface area contributed by atoms with Crippen LogP contribution < -0.4 is 5.32 Å². The number of aliphatic hydroxyl groups is 5. The van der Waals surface area contributed by atoms with E-state index in [9.17, 15) is 30.3 Å². The van der Waals surface area contributed by atoms with Crippen molar-refractivity contribution in [1.29, 1.82) is 0 Å². The number of allylic oxidation sites excluding steroid dienone is 3. The van der Waals surface area contributed by atoms with Crippen LogP contribution in [0.2, 0.25) is 0 Å². The molecule has 0 bridgehead atoms. The molecule has 0 aromatic rings. The molecule has 1 aliphatic heterocycles. The molecule has 0 radical (unpaired) electrons. The topological polar surface area (TPSA) is 149 Å². The summed E-state index contributed by atoms with van der Waals surface area (Å²) in [5, 5.41) is 54.7. The summed E-state index contributed by atoms with van der Waals surface area (Å²) in [5.41, 5.74) is 0. The van der Waals surface area contributed by atoms with Crippen LogP contribution in [0.1, 0.15) is 367 Å². The number of amides is 1. The van der Waals surface area contributed by atoms with E-state index in [4.69, 9.17) is 9.47 Å². The normalized spacial score (nSPS) is 18.5. The Balaban J connectivity index is 2.09. The largest absolute Gasteiger partial charge is 0.394 e. The van der Waals surface area contributed by atoms with Crippen LogP contribution in [0.15, 0.2) is 24.3 Å². The number of ether oxygens (including phenoxy) is 2. The van der Waals surface area contributed by atoms with E-state index < -0.39 is 49.5 Å². The summed E-state index contributed by atoms with van der Waals surface area (Å²) in [6.07, 6.45) is 73.1. The molecule has 0 aromatic carbocycles. The molecule has 0 saturated carbocycles. The van der Waals surface area contributed by atoms with Crippen molar-refractivity contribution in [2.45, 2.75) is 410 Å². The third-order valence-corrected chi connectivity index (χ3v) is 17.3. The number of nitrogens with one attached hydrogen (secondary N) is 1. The molecule has 7 atom stereocenters. The van der Waals surface area contributed by atoms with Gasteiger partial charge in [-0.1, -0.05) is 353 Å². The van der Waals surface area contributed by atoms with E-state index >= 15 is 0 Å². The molecule has 1 fully saturated rings. The van der Waals surface area contributed by atoms with Gasteiger partial charge in [0.25, 0.3) is 0 Å². The first kappa shape index (κ1) is 76.7. The SMILES string of the molecule is CCCCCCCCCCCCCCCCCC/C=C/CC/C=C/C(O)C(COC1OC(CO)C(O)C(O)C1O)NC(=O)CCCCCCCCCCCCCCCCCCCCCCCCCCCCCCCCCCCCC. The smallest absolute Gasteiger partial charge is 0.220 e. The van der Waals surface area contributed by atoms with Crippen molar-refractivity contribution in [2.24, 2.45) is 0 Å². The van der Waals surface area contributed by atoms with Crippen LogP contribution in [0.3, 0.4) is 0 Å². The molecule has 1 rings (SSSR count). The Kier molecular flexibility index (Phi) is 58.3. The van der Waals surface area contributed by atoms with Gasteiger partial charge in [0, 0.05) is 6.42 Å². The highest BCUT2D eigenvalue weighted by Crippen LogP contribution is 2.24. The van der Waals surface area contributed by atoms with Gasteiger partial charge in [0.1, 0.15) is 24.4 Å². The zero-order valence-corrected chi connectivity index (χ0v) is 53.1. The minimum atomic E-state index is -1.57. The second-order valence-electron chi connectivity index (χ2n) is 25.0. The van der Waals surface area contributed by atoms with Crippen molar-refractivity contribution in [1.82, 2.24) is 5.32 Å². The van der Waals surface area contributed by atoms with Crippen LogP contribution in [0.4, 0.5) is 0 Å². The Morgan fingerprint density at radius 3 is 1.05 bits per heavy atom. The number of rotatable bonds is 63. The summed E-state index contributed by atoms with van der Waals surface area (Å²) in [6.45, 7) is 3.82. The molecule has 1 saturated heterocycles. The molecule has 6 N–H and O–H groups in total. The van der Waals surface area contributed by atoms with E-state index in [1.54, 1.807) is 6.08 Å². The van der Waals surface area contributed by atoms with Gasteiger partial charge in [0.2, 0.25) is 5.91 Å². The van der Waals surface area contributed by atoms with Crippen LogP contribution in [0.5, 0.6) is 0 Å². The van der Waals surface area contributed by atoms with Crippen LogP contribution in [-0.2, 0) is 14.3 Å². The molecule has 1 amide bonds. The van der Waals surface area contributed by atoms with E-state index in [2.05, 4.69) is 31.3 Å². The predicted molar refractivity (Wildman–Crippen MR) is 341 cm³/mol. The quantitative estimate of drug-likeness (QED) is 0.0261. The summed E-state index contributed by atoms with van der Waals surface area (Å²) >= 11 is 0. The molecule has 1 aliphatic rings. The van der Waals surface area contributed by atoms with E-state index in [1.807, 2.05) is 6.08 Å². The lowest BCUT2D eigenvalue weighted by molar-refractivity contribution is -0.302. The fourth-order valence-corrected chi connectivity index (χ4v) is 11.7. The molecule has 0 spiro atoms. The van der Waals surface area contributed by atoms with Gasteiger partial charge < -0.3 is 40.3 Å². The van der Waals surface area contributed by atoms with Gasteiger partial charge in [0.05, 0.1) is 25.4 Å². The Bertz CT molecular complexity index is 1310. The van der Waals surface area contributed by atoms with Gasteiger partial charge in [-0.05, 0) is 32.1 Å². The van der Waals surface area contributed by atoms with Crippen LogP contribution in [0.25, 0.3) is 0 Å². The minimum Gasteiger partial charge on any atom is -0.394 e. The number of carbonyl (C=O) groups is 1. The maximum absolute atomic E-state index is 13.1. The number of unbranched alkanes of at least 4 members (excludes halogenated alkanes) is 51. The number of hydrogen-bond donors (Lipinski definition) is 6. The highest BCUT2D eigenvalue weighted by molar-refractivity contribution is 5.76. The van der Waals surface area contributed by atoms with Gasteiger partial charge in [-0.2, -0.15) is 0 Å². The van der Waals surface area contributed by atoms with Crippen molar-refractivity contribution in [2.75, 3.05) is 13.2 Å². The van der Waals surface area contributed by atoms with Crippen molar-refractivity contribution < 1.29 is 39.8 Å². The molecular formula is C71H137NO8. The van der Waals surface area contributed by atoms with E-state index in [0.717, 1.165) is 38.5 Å². The number of carbonyl (C=O) groups excluding carboxylic acids is 1. The lowest BCUT2D eigenvalue weighted by Gasteiger charge is -2.40. The first-order valence-electron chi connectivity index (χ1n) is 35.6. The second-order valence-corrected chi connectivity index (χ2v) is 25.0. The first-order valence-corrected chi connectivity index (χ1v) is 35.6. The predicted octanol–water partition coefficient (Wildman–Crippen LogP) is 19.3. The third kappa shape index (κ3) is 49.0. The van der Waals surface area contributed by atoms with Crippen LogP contribution >= 0.6 is 0 Å². The number of hydrogen-bond acceptors (Lipinski definition) is 8. The summed E-state index contributed by atoms with van der Waals surface area (Å²) in [4.78, 5) is 13.1. The van der Waals surface area contributed by atoms with Crippen molar-refractivity contribution in [3.8, 4) is 0 Å². The van der Waals surface area contributed by atoms with Crippen LogP contribution in [-0.4, -0.2) is 87.5 Å². The summed E-state index contributed by atoms with van der Waals surface area (Å²) in [5.74, 6) is -0.178. The highest BCUT2D eigenvalue weighted by atomic mass is 16.7. The lowest BCUT2D eigenvalue weighted by atomic mass is 9.99. The average Bonchev–Trinajstić information content (AvgIpc) is 3.46. The summed E-state index contributed by atoms with van der Waals surface area (Å²) in [6, 6.07) is -0.820. The molecule has 0 aliphatic carbocycles. The van der Waals surface area contributed by atoms with E-state index in [-0.39, 0.29) is 12.5 Å². The second kappa shape index (κ2) is 60.8. The monoisotopic (exact) mass is 1130 g/mol. The maximum Gasteiger partial charge on any atom is 0.220 e. The molecule has 80 heavy (non-hydrogen) atoms. The maximum atomic E-state index is 13.1. The number of aliphatic hydroxyl groups excluding tert-OH is 5. The van der Waals surface area contributed by atoms with E-state index in [0.29, 0.717) is 6.42 Å². The van der Waals surface area contributed by atoms with Crippen LogP contribution in [0, 0.1) is 0 Å². The Labute approximate surface area is 496 Å². The van der Waals surface area contributed by atoms with Gasteiger partial charge in [-0.15, -0.1) is 0 Å². The minimum absolute atomic E-state index is 0.178. The average molecular weight is 1130 g/mol. The van der Waals surface area contributed by atoms with Gasteiger partial charge >= 0.3 is 0 Å². The van der Waals surface area contributed by atoms with Gasteiger partial charge in [-0.3, -0.25) is 4.79 Å². The first-order chi connectivity index (χ1) is 39.3. The zero-order chi connectivity index (χ0) is 57.9. The summed E-state index contributed by atoms with van der Waals surface area (Å²) in [7, 11) is 0. The zero-order valence-electron chi connectivity index (χ0n) is 53.1. The Hall–Kier alpha value is -1.33. The Morgan fingerprint density at radius 1 is 0.412 bits per heavy atom. The molecule has 1 heterocycles. The molecule has 474 valence electrons. The molecule has 7 unspecified atom stereocenters. The summed E-state index contributed by atoms with van der Waals surface area (Å²) < 4.78 is 11.3. The molecule has 0 aromatic heterocycles. The standard InChI is InChI=1S/C71H137NO8/c1-3-5-7-9-11-13-15-17-19-21-23-25-27-28-29-30-31-32-33-34-35-36-37-38-39-41-43-45-47-49-51-53-55-57-59-61-67(75)72-64(63-79-71-70(78)69(77)68(76)66(62-73)80-71)65(74)60-58-56-54-52-50-48-46-44-42-40-26-24-22-20-18-16-14-12-10-8-6-4-2/h50,52,58,60,64-66,68-71,73-74,76-78H,3-49,51,53-57,59,61-63H2,1-2H3,(H,72,75)/b52-50+,60-58+. The fourth-order valence-electron chi connectivity index (χ4n) is 11.7. The van der Waals surface area contributed by atoms with E-state index in [1.165, 1.54) is 308 Å². The van der Waals surface area contributed by atoms with Crippen molar-refractivity contribution in [3.63, 3.8) is 0 Å². The molecular weight excluding hydrogens is 995 g/mol. The molecule has 9 nitrogen and oxygen atoms in total. The van der Waals surface area contributed by atoms with Gasteiger partial charge in [-0.25, -0.2) is 0 Å².